The summed E-state index contributed by atoms with van der Waals surface area (Å²) < 4.78 is 6.90. The Morgan fingerprint density at radius 1 is 1.22 bits per heavy atom. The lowest BCUT2D eigenvalue weighted by Gasteiger charge is -2.19. The average Bonchev–Trinajstić information content (AvgIpc) is 2.55. The molecule has 0 radical (unpaired) electrons. The number of carbonyl (C=O) groups is 2. The van der Waals surface area contributed by atoms with Crippen LogP contribution in [0.1, 0.15) is 17.5 Å². The SMILES string of the molecule is Cc1ccccc1N(I)C(=O)Oc1ccc2c(c1)CCC(=O)N2. The lowest BCUT2D eigenvalue weighted by molar-refractivity contribution is -0.116. The highest BCUT2D eigenvalue weighted by Gasteiger charge is 2.19. The van der Waals surface area contributed by atoms with E-state index in [0.717, 1.165) is 22.5 Å². The molecule has 0 fully saturated rings. The van der Waals surface area contributed by atoms with Crippen molar-refractivity contribution in [3.8, 4) is 5.75 Å². The van der Waals surface area contributed by atoms with Crippen LogP contribution in [0.2, 0.25) is 0 Å². The van der Waals surface area contributed by atoms with Crippen molar-refractivity contribution in [2.24, 2.45) is 0 Å². The number of hydrogen-bond donors (Lipinski definition) is 1. The molecule has 0 aliphatic carbocycles. The summed E-state index contributed by atoms with van der Waals surface area (Å²) in [6.45, 7) is 1.94. The third kappa shape index (κ3) is 3.47. The van der Waals surface area contributed by atoms with Crippen LogP contribution in [0, 0.1) is 6.92 Å². The minimum Gasteiger partial charge on any atom is -0.409 e. The van der Waals surface area contributed by atoms with Gasteiger partial charge in [-0.2, -0.15) is 0 Å². The molecule has 3 rings (SSSR count). The number of amides is 2. The van der Waals surface area contributed by atoms with E-state index in [4.69, 9.17) is 4.74 Å². The summed E-state index contributed by atoms with van der Waals surface area (Å²) >= 11 is 1.93. The number of carbonyl (C=O) groups excluding carboxylic acids is 2. The molecule has 1 aliphatic heterocycles. The van der Waals surface area contributed by atoms with Crippen LogP contribution < -0.4 is 13.2 Å². The van der Waals surface area contributed by atoms with E-state index in [0.29, 0.717) is 18.6 Å². The summed E-state index contributed by atoms with van der Waals surface area (Å²) in [5, 5.41) is 2.81. The van der Waals surface area contributed by atoms with Crippen LogP contribution in [0.4, 0.5) is 16.2 Å². The van der Waals surface area contributed by atoms with Crippen LogP contribution in [0.15, 0.2) is 42.5 Å². The maximum atomic E-state index is 12.3. The van der Waals surface area contributed by atoms with E-state index in [2.05, 4.69) is 5.32 Å². The monoisotopic (exact) mass is 422 g/mol. The standard InChI is InChI=1S/C17H15IN2O3/c1-11-4-2-3-5-15(11)20(18)17(22)23-13-7-8-14-12(10-13)6-9-16(21)19-14/h2-5,7-8,10H,6,9H2,1H3,(H,19,21). The second-order valence-corrected chi connectivity index (χ2v) is 6.27. The van der Waals surface area contributed by atoms with E-state index < -0.39 is 6.09 Å². The first-order chi connectivity index (χ1) is 11.0. The summed E-state index contributed by atoms with van der Waals surface area (Å²) in [6.07, 6.45) is 0.643. The fourth-order valence-corrected chi connectivity index (χ4v) is 3.09. The van der Waals surface area contributed by atoms with Crippen molar-refractivity contribution in [3.63, 3.8) is 0 Å². The molecule has 118 valence electrons. The predicted molar refractivity (Wildman–Crippen MR) is 97.1 cm³/mol. The zero-order valence-corrected chi connectivity index (χ0v) is 14.7. The molecule has 1 heterocycles. The Morgan fingerprint density at radius 2 is 2.00 bits per heavy atom. The highest BCUT2D eigenvalue weighted by molar-refractivity contribution is 14.1. The molecule has 2 amide bonds. The van der Waals surface area contributed by atoms with Crippen LogP contribution >= 0.6 is 22.9 Å². The van der Waals surface area contributed by atoms with Gasteiger partial charge in [-0.3, -0.25) is 4.79 Å². The van der Waals surface area contributed by atoms with E-state index >= 15 is 0 Å². The number of benzene rings is 2. The highest BCUT2D eigenvalue weighted by atomic mass is 127. The molecule has 0 spiro atoms. The normalized spacial score (nSPS) is 13.0. The number of nitrogens with one attached hydrogen (secondary N) is 1. The van der Waals surface area contributed by atoms with Gasteiger partial charge in [-0.25, -0.2) is 7.91 Å². The Hall–Kier alpha value is -2.09. The van der Waals surface area contributed by atoms with Crippen molar-refractivity contribution in [3.05, 3.63) is 53.6 Å². The quantitative estimate of drug-likeness (QED) is 0.582. The fourth-order valence-electron chi connectivity index (χ4n) is 2.45. The minimum absolute atomic E-state index is 0.0141. The molecule has 5 nitrogen and oxygen atoms in total. The molecular formula is C17H15IN2O3. The molecule has 1 N–H and O–H groups in total. The number of anilines is 2. The first kappa shape index (κ1) is 15.8. The maximum Gasteiger partial charge on any atom is 0.428 e. The Bertz CT molecular complexity index is 776. The molecular weight excluding hydrogens is 407 g/mol. The van der Waals surface area contributed by atoms with Gasteiger partial charge in [0.2, 0.25) is 5.91 Å². The van der Waals surface area contributed by atoms with Gasteiger partial charge in [-0.1, -0.05) is 18.2 Å². The zero-order chi connectivity index (χ0) is 16.4. The van der Waals surface area contributed by atoms with Gasteiger partial charge in [0.25, 0.3) is 0 Å². The van der Waals surface area contributed by atoms with E-state index in [1.165, 1.54) is 3.11 Å². The van der Waals surface area contributed by atoms with Crippen LogP contribution in [0.5, 0.6) is 5.75 Å². The lowest BCUT2D eigenvalue weighted by atomic mass is 10.0. The molecule has 0 saturated carbocycles. The van der Waals surface area contributed by atoms with E-state index in [1.54, 1.807) is 18.2 Å². The van der Waals surface area contributed by atoms with Gasteiger partial charge in [0.1, 0.15) is 5.75 Å². The van der Waals surface area contributed by atoms with Gasteiger partial charge in [0.05, 0.1) is 28.6 Å². The average molecular weight is 422 g/mol. The summed E-state index contributed by atoms with van der Waals surface area (Å²) in [5.41, 5.74) is 3.55. The van der Waals surface area contributed by atoms with Crippen molar-refractivity contribution < 1.29 is 14.3 Å². The summed E-state index contributed by atoms with van der Waals surface area (Å²) in [4.78, 5) is 23.7. The third-order valence-corrected chi connectivity index (χ3v) is 4.58. The minimum atomic E-state index is -0.459. The summed E-state index contributed by atoms with van der Waals surface area (Å²) in [7, 11) is 0. The molecule has 0 saturated heterocycles. The zero-order valence-electron chi connectivity index (χ0n) is 12.5. The van der Waals surface area contributed by atoms with E-state index in [9.17, 15) is 9.59 Å². The van der Waals surface area contributed by atoms with Crippen molar-refractivity contribution in [2.75, 3.05) is 8.43 Å². The molecule has 2 aromatic carbocycles. The molecule has 0 aromatic heterocycles. The largest absolute Gasteiger partial charge is 0.428 e. The Labute approximate surface area is 148 Å². The van der Waals surface area contributed by atoms with Gasteiger partial charge in [0, 0.05) is 12.1 Å². The topological polar surface area (TPSA) is 58.6 Å². The highest BCUT2D eigenvalue weighted by Crippen LogP contribution is 2.28. The number of para-hydroxylation sites is 1. The van der Waals surface area contributed by atoms with Gasteiger partial charge in [-0.15, -0.1) is 0 Å². The Kier molecular flexibility index (Phi) is 4.51. The second kappa shape index (κ2) is 6.57. The van der Waals surface area contributed by atoms with Crippen molar-refractivity contribution in [1.29, 1.82) is 0 Å². The molecule has 0 atom stereocenters. The van der Waals surface area contributed by atoms with Crippen molar-refractivity contribution in [2.45, 2.75) is 19.8 Å². The second-order valence-electron chi connectivity index (χ2n) is 5.30. The number of ether oxygens (including phenoxy) is 1. The molecule has 6 heteroatoms. The Morgan fingerprint density at radius 3 is 2.78 bits per heavy atom. The van der Waals surface area contributed by atoms with E-state index in [-0.39, 0.29) is 5.91 Å². The smallest absolute Gasteiger partial charge is 0.409 e. The number of aryl methyl sites for hydroxylation is 2. The molecule has 1 aliphatic rings. The van der Waals surface area contributed by atoms with Gasteiger partial charge in [-0.05, 0) is 48.7 Å². The van der Waals surface area contributed by atoms with Crippen LogP contribution in [-0.4, -0.2) is 12.0 Å². The number of rotatable bonds is 2. The number of fused-ring (bicyclic) bond motifs is 1. The van der Waals surface area contributed by atoms with Gasteiger partial charge < -0.3 is 10.1 Å². The van der Waals surface area contributed by atoms with Crippen LogP contribution in [0.3, 0.4) is 0 Å². The van der Waals surface area contributed by atoms with Crippen molar-refractivity contribution >= 4 is 46.2 Å². The van der Waals surface area contributed by atoms with Gasteiger partial charge >= 0.3 is 6.09 Å². The first-order valence-corrected chi connectivity index (χ1v) is 8.17. The molecule has 2 aromatic rings. The van der Waals surface area contributed by atoms with Crippen LogP contribution in [-0.2, 0) is 11.2 Å². The van der Waals surface area contributed by atoms with Crippen molar-refractivity contribution in [1.82, 2.24) is 0 Å². The number of nitrogens with zero attached hydrogens (tertiary/aromatic N) is 1. The molecule has 0 unspecified atom stereocenters. The first-order valence-electron chi connectivity index (χ1n) is 7.21. The summed E-state index contributed by atoms with van der Waals surface area (Å²) in [6, 6.07) is 12.9. The van der Waals surface area contributed by atoms with Gasteiger partial charge in [0.15, 0.2) is 0 Å². The summed E-state index contributed by atoms with van der Waals surface area (Å²) in [5.74, 6) is 0.486. The van der Waals surface area contributed by atoms with Crippen LogP contribution in [0.25, 0.3) is 0 Å². The maximum absolute atomic E-state index is 12.3. The molecule has 23 heavy (non-hydrogen) atoms. The number of halogens is 1. The number of hydrogen-bond acceptors (Lipinski definition) is 3. The third-order valence-electron chi connectivity index (χ3n) is 3.66. The fraction of sp³-hybridized carbons (Fsp3) is 0.176. The lowest BCUT2D eigenvalue weighted by Crippen LogP contribution is -2.25. The molecule has 0 bridgehead atoms. The van der Waals surface area contributed by atoms with E-state index in [1.807, 2.05) is 54.1 Å². The Balaban J connectivity index is 1.76. The predicted octanol–water partition coefficient (Wildman–Crippen LogP) is 4.24.